The standard InChI is InChI=1S/C16H22O5/c1-6-11(2)21-14(17)10-8-12-7-9-13(18-3)16(20-5)15(12)19-4/h7-11H,6H2,1-5H3. The van der Waals surface area contributed by atoms with Crippen LogP contribution in [0.15, 0.2) is 18.2 Å². The molecule has 0 aliphatic heterocycles. The fourth-order valence-electron chi connectivity index (χ4n) is 1.73. The molecule has 0 heterocycles. The van der Waals surface area contributed by atoms with E-state index in [2.05, 4.69) is 0 Å². The van der Waals surface area contributed by atoms with E-state index in [9.17, 15) is 4.79 Å². The molecule has 1 aromatic carbocycles. The van der Waals surface area contributed by atoms with E-state index in [1.165, 1.54) is 20.3 Å². The Morgan fingerprint density at radius 3 is 2.33 bits per heavy atom. The minimum absolute atomic E-state index is 0.102. The molecule has 0 aliphatic carbocycles. The molecular formula is C16H22O5. The van der Waals surface area contributed by atoms with Gasteiger partial charge in [0.1, 0.15) is 0 Å². The van der Waals surface area contributed by atoms with Crippen LogP contribution < -0.4 is 14.2 Å². The molecule has 1 unspecified atom stereocenters. The molecule has 0 radical (unpaired) electrons. The van der Waals surface area contributed by atoms with Gasteiger partial charge in [0.25, 0.3) is 0 Å². The van der Waals surface area contributed by atoms with E-state index in [1.54, 1.807) is 25.3 Å². The lowest BCUT2D eigenvalue weighted by molar-refractivity contribution is -0.142. The predicted octanol–water partition coefficient (Wildman–Crippen LogP) is 3.07. The summed E-state index contributed by atoms with van der Waals surface area (Å²) in [4.78, 5) is 11.7. The highest BCUT2D eigenvalue weighted by Gasteiger charge is 2.14. The first-order valence-corrected chi connectivity index (χ1v) is 6.75. The van der Waals surface area contributed by atoms with Crippen molar-refractivity contribution < 1.29 is 23.7 Å². The SMILES string of the molecule is CCC(C)OC(=O)C=Cc1ccc(OC)c(OC)c1OC. The second kappa shape index (κ2) is 8.19. The number of methoxy groups -OCH3 is 3. The first-order valence-electron chi connectivity index (χ1n) is 6.75. The largest absolute Gasteiger partial charge is 0.493 e. The summed E-state index contributed by atoms with van der Waals surface area (Å²) in [5, 5.41) is 0. The first kappa shape index (κ1) is 16.9. The van der Waals surface area contributed by atoms with Gasteiger partial charge in [-0.05, 0) is 31.6 Å². The van der Waals surface area contributed by atoms with Gasteiger partial charge in [-0.15, -0.1) is 0 Å². The molecular weight excluding hydrogens is 272 g/mol. The fourth-order valence-corrected chi connectivity index (χ4v) is 1.73. The van der Waals surface area contributed by atoms with Gasteiger partial charge in [-0.3, -0.25) is 0 Å². The fraction of sp³-hybridized carbons (Fsp3) is 0.438. The molecule has 0 aromatic heterocycles. The summed E-state index contributed by atoms with van der Waals surface area (Å²) < 4.78 is 21.0. The highest BCUT2D eigenvalue weighted by atomic mass is 16.5. The first-order chi connectivity index (χ1) is 10.1. The number of hydrogen-bond acceptors (Lipinski definition) is 5. The summed E-state index contributed by atoms with van der Waals surface area (Å²) in [5.74, 6) is 1.16. The van der Waals surface area contributed by atoms with Gasteiger partial charge >= 0.3 is 5.97 Å². The zero-order valence-corrected chi connectivity index (χ0v) is 13.1. The van der Waals surface area contributed by atoms with Crippen molar-refractivity contribution in [3.8, 4) is 17.2 Å². The maximum absolute atomic E-state index is 11.7. The lowest BCUT2D eigenvalue weighted by Gasteiger charge is -2.14. The average molecular weight is 294 g/mol. The molecule has 0 amide bonds. The van der Waals surface area contributed by atoms with Crippen molar-refractivity contribution in [3.63, 3.8) is 0 Å². The Bertz CT molecular complexity index is 508. The third-order valence-electron chi connectivity index (χ3n) is 3.03. The van der Waals surface area contributed by atoms with Crippen LogP contribution in [-0.4, -0.2) is 33.4 Å². The summed E-state index contributed by atoms with van der Waals surface area (Å²) >= 11 is 0. The van der Waals surface area contributed by atoms with Crippen molar-refractivity contribution >= 4 is 12.0 Å². The molecule has 21 heavy (non-hydrogen) atoms. The molecule has 0 saturated heterocycles. The number of hydrogen-bond donors (Lipinski definition) is 0. The van der Waals surface area contributed by atoms with Gasteiger partial charge < -0.3 is 18.9 Å². The smallest absolute Gasteiger partial charge is 0.331 e. The van der Waals surface area contributed by atoms with Crippen LogP contribution in [0.5, 0.6) is 17.2 Å². The molecule has 1 aromatic rings. The molecule has 5 heteroatoms. The second-order valence-corrected chi connectivity index (χ2v) is 4.41. The highest BCUT2D eigenvalue weighted by Crippen LogP contribution is 2.40. The molecule has 0 fully saturated rings. The second-order valence-electron chi connectivity index (χ2n) is 4.41. The normalized spacial score (nSPS) is 12.0. The number of rotatable bonds is 7. The summed E-state index contributed by atoms with van der Waals surface area (Å²) in [6.07, 6.45) is 3.68. The Labute approximate surface area is 125 Å². The maximum Gasteiger partial charge on any atom is 0.331 e. The molecule has 0 spiro atoms. The number of benzene rings is 1. The number of ether oxygens (including phenoxy) is 4. The van der Waals surface area contributed by atoms with Gasteiger partial charge in [-0.2, -0.15) is 0 Å². The number of carbonyl (C=O) groups is 1. The van der Waals surface area contributed by atoms with Crippen LogP contribution >= 0.6 is 0 Å². The van der Waals surface area contributed by atoms with Crippen molar-refractivity contribution in [2.24, 2.45) is 0 Å². The molecule has 0 aliphatic rings. The third kappa shape index (κ3) is 4.41. The van der Waals surface area contributed by atoms with E-state index in [0.29, 0.717) is 22.8 Å². The third-order valence-corrected chi connectivity index (χ3v) is 3.03. The lowest BCUT2D eigenvalue weighted by Crippen LogP contribution is -2.11. The van der Waals surface area contributed by atoms with Gasteiger partial charge in [0.2, 0.25) is 5.75 Å². The highest BCUT2D eigenvalue weighted by molar-refractivity contribution is 5.88. The Hall–Kier alpha value is -2.17. The summed E-state index contributed by atoms with van der Waals surface area (Å²) in [6, 6.07) is 3.54. The van der Waals surface area contributed by atoms with E-state index >= 15 is 0 Å². The molecule has 116 valence electrons. The molecule has 1 atom stereocenters. The van der Waals surface area contributed by atoms with Gasteiger partial charge in [0.15, 0.2) is 11.5 Å². The predicted molar refractivity (Wildman–Crippen MR) is 81.0 cm³/mol. The molecule has 1 rings (SSSR count). The summed E-state index contributed by atoms with van der Waals surface area (Å²) in [6.45, 7) is 3.81. The lowest BCUT2D eigenvalue weighted by atomic mass is 10.1. The zero-order chi connectivity index (χ0) is 15.8. The van der Waals surface area contributed by atoms with E-state index in [-0.39, 0.29) is 12.1 Å². The Morgan fingerprint density at radius 2 is 1.81 bits per heavy atom. The van der Waals surface area contributed by atoms with Crippen LogP contribution in [0, 0.1) is 0 Å². The van der Waals surface area contributed by atoms with Crippen molar-refractivity contribution in [3.05, 3.63) is 23.8 Å². The Balaban J connectivity index is 3.00. The average Bonchev–Trinajstić information content (AvgIpc) is 2.51. The van der Waals surface area contributed by atoms with Gasteiger partial charge in [0.05, 0.1) is 27.4 Å². The van der Waals surface area contributed by atoms with Crippen molar-refractivity contribution in [2.45, 2.75) is 26.4 Å². The maximum atomic E-state index is 11.7. The monoisotopic (exact) mass is 294 g/mol. The minimum atomic E-state index is -0.388. The van der Waals surface area contributed by atoms with Crippen molar-refractivity contribution in [1.82, 2.24) is 0 Å². The van der Waals surface area contributed by atoms with E-state index < -0.39 is 0 Å². The van der Waals surface area contributed by atoms with E-state index in [1.807, 2.05) is 13.8 Å². The van der Waals surface area contributed by atoms with Gasteiger partial charge in [-0.1, -0.05) is 6.92 Å². The molecule has 0 N–H and O–H groups in total. The Morgan fingerprint density at radius 1 is 1.14 bits per heavy atom. The molecule has 5 nitrogen and oxygen atoms in total. The van der Waals surface area contributed by atoms with Crippen LogP contribution in [0.1, 0.15) is 25.8 Å². The van der Waals surface area contributed by atoms with Crippen LogP contribution in [0.3, 0.4) is 0 Å². The minimum Gasteiger partial charge on any atom is -0.493 e. The number of carbonyl (C=O) groups excluding carboxylic acids is 1. The van der Waals surface area contributed by atoms with Crippen molar-refractivity contribution in [1.29, 1.82) is 0 Å². The van der Waals surface area contributed by atoms with Crippen LogP contribution in [0.4, 0.5) is 0 Å². The summed E-state index contributed by atoms with van der Waals surface area (Å²) in [7, 11) is 4.62. The Kier molecular flexibility index (Phi) is 6.59. The summed E-state index contributed by atoms with van der Waals surface area (Å²) in [5.41, 5.74) is 0.705. The number of esters is 1. The quantitative estimate of drug-likeness (QED) is 0.571. The molecule has 0 bridgehead atoms. The molecule has 0 saturated carbocycles. The van der Waals surface area contributed by atoms with Gasteiger partial charge in [-0.25, -0.2) is 4.79 Å². The van der Waals surface area contributed by atoms with Crippen LogP contribution in [0.25, 0.3) is 6.08 Å². The van der Waals surface area contributed by atoms with Gasteiger partial charge in [0, 0.05) is 11.6 Å². The van der Waals surface area contributed by atoms with E-state index in [4.69, 9.17) is 18.9 Å². The van der Waals surface area contributed by atoms with E-state index in [0.717, 1.165) is 6.42 Å². The zero-order valence-electron chi connectivity index (χ0n) is 13.1. The topological polar surface area (TPSA) is 54.0 Å². The van der Waals surface area contributed by atoms with Crippen molar-refractivity contribution in [2.75, 3.05) is 21.3 Å². The van der Waals surface area contributed by atoms with Crippen LogP contribution in [-0.2, 0) is 9.53 Å². The van der Waals surface area contributed by atoms with Crippen LogP contribution in [0.2, 0.25) is 0 Å².